The molecule has 0 saturated carbocycles. The number of ether oxygens (including phenoxy) is 1. The third-order valence-corrected chi connectivity index (χ3v) is 2.76. The van der Waals surface area contributed by atoms with Crippen LogP contribution in [0.5, 0.6) is 5.75 Å². The molecule has 1 aromatic rings. The number of imide groups is 1. The van der Waals surface area contributed by atoms with E-state index in [2.05, 4.69) is 15.9 Å². The predicted molar refractivity (Wildman–Crippen MR) is 66.4 cm³/mol. The first-order chi connectivity index (χ1) is 7.91. The van der Waals surface area contributed by atoms with Crippen molar-refractivity contribution >= 4 is 33.6 Å². The molecular weight excluding hydrogens is 290 g/mol. The van der Waals surface area contributed by atoms with Crippen molar-refractivity contribution < 1.29 is 14.3 Å². The fourth-order valence-electron chi connectivity index (χ4n) is 1.09. The lowest BCUT2D eigenvalue weighted by atomic mass is 10.3. The largest absolute Gasteiger partial charge is 0.480 e. The maximum absolute atomic E-state index is 11.4. The fourth-order valence-corrected chi connectivity index (χ4v) is 1.44. The lowest BCUT2D eigenvalue weighted by Crippen LogP contribution is -2.42. The molecular formula is C10H12BrN3O3. The molecule has 0 aliphatic carbocycles. The highest BCUT2D eigenvalue weighted by Crippen LogP contribution is 2.30. The molecule has 6 nitrogen and oxygen atoms in total. The molecule has 1 atom stereocenters. The summed E-state index contributed by atoms with van der Waals surface area (Å²) >= 11 is 3.24. The molecule has 0 spiro atoms. The lowest BCUT2D eigenvalue weighted by molar-refractivity contribution is -0.126. The highest BCUT2D eigenvalue weighted by Gasteiger charge is 2.17. The minimum Gasteiger partial charge on any atom is -0.480 e. The molecule has 1 unspecified atom stereocenters. The number of hydrogen-bond donors (Lipinski definition) is 3. The van der Waals surface area contributed by atoms with Crippen LogP contribution in [0.15, 0.2) is 22.7 Å². The number of rotatable bonds is 3. The summed E-state index contributed by atoms with van der Waals surface area (Å²) in [6.45, 7) is 1.49. The van der Waals surface area contributed by atoms with Gasteiger partial charge in [0.05, 0.1) is 4.47 Å². The van der Waals surface area contributed by atoms with Crippen molar-refractivity contribution in [2.24, 2.45) is 5.73 Å². The quantitative estimate of drug-likeness (QED) is 0.724. The Morgan fingerprint density at radius 1 is 1.47 bits per heavy atom. The van der Waals surface area contributed by atoms with Gasteiger partial charge in [0.1, 0.15) is 5.75 Å². The number of urea groups is 1. The Balaban J connectivity index is 2.74. The number of anilines is 1. The second-order valence-electron chi connectivity index (χ2n) is 3.27. The molecule has 17 heavy (non-hydrogen) atoms. The molecule has 0 bridgehead atoms. The van der Waals surface area contributed by atoms with E-state index >= 15 is 0 Å². The fraction of sp³-hybridized carbons (Fsp3) is 0.200. The minimum absolute atomic E-state index is 0.414. The van der Waals surface area contributed by atoms with Gasteiger partial charge in [0.15, 0.2) is 6.10 Å². The monoisotopic (exact) mass is 301 g/mol. The number of benzene rings is 1. The number of carbonyl (C=O) groups is 2. The Morgan fingerprint density at radius 3 is 2.71 bits per heavy atom. The van der Waals surface area contributed by atoms with Gasteiger partial charge >= 0.3 is 6.03 Å². The van der Waals surface area contributed by atoms with Crippen molar-refractivity contribution in [1.82, 2.24) is 5.32 Å². The van der Waals surface area contributed by atoms with Gasteiger partial charge in [-0.05, 0) is 35.0 Å². The number of amides is 3. The molecule has 1 rings (SSSR count). The first-order valence-electron chi connectivity index (χ1n) is 4.72. The molecule has 5 N–H and O–H groups in total. The summed E-state index contributed by atoms with van der Waals surface area (Å²) < 4.78 is 5.90. The molecule has 0 fully saturated rings. The summed E-state index contributed by atoms with van der Waals surface area (Å²) in [5, 5.41) is 1.93. The Kier molecular flexibility index (Phi) is 4.33. The minimum atomic E-state index is -0.919. The number of primary amides is 1. The van der Waals surface area contributed by atoms with E-state index in [0.29, 0.717) is 15.9 Å². The Morgan fingerprint density at radius 2 is 2.12 bits per heavy atom. The van der Waals surface area contributed by atoms with Crippen LogP contribution in [0.25, 0.3) is 0 Å². The zero-order valence-corrected chi connectivity index (χ0v) is 10.7. The van der Waals surface area contributed by atoms with Gasteiger partial charge in [0.25, 0.3) is 5.91 Å². The van der Waals surface area contributed by atoms with Gasteiger partial charge in [-0.3, -0.25) is 10.1 Å². The molecule has 92 valence electrons. The third kappa shape index (κ3) is 3.63. The molecule has 0 heterocycles. The predicted octanol–water partition coefficient (Wildman–Crippen LogP) is 0.994. The summed E-state index contributed by atoms with van der Waals surface area (Å²) in [6, 6.07) is 4.10. The number of nitrogen functional groups attached to an aromatic ring is 1. The number of carbonyl (C=O) groups excluding carboxylic acids is 2. The van der Waals surface area contributed by atoms with Crippen LogP contribution in [0.4, 0.5) is 10.5 Å². The summed E-state index contributed by atoms with van der Waals surface area (Å²) in [6.07, 6.45) is -0.861. The highest BCUT2D eigenvalue weighted by atomic mass is 79.9. The highest BCUT2D eigenvalue weighted by molar-refractivity contribution is 9.10. The van der Waals surface area contributed by atoms with Gasteiger partial charge in [-0.2, -0.15) is 0 Å². The topological polar surface area (TPSA) is 107 Å². The van der Waals surface area contributed by atoms with Crippen LogP contribution in [-0.2, 0) is 4.79 Å². The van der Waals surface area contributed by atoms with Gasteiger partial charge in [-0.25, -0.2) is 4.79 Å². The normalized spacial score (nSPS) is 11.6. The Hall–Kier alpha value is -1.76. The first kappa shape index (κ1) is 13.3. The molecule has 0 saturated heterocycles. The van der Waals surface area contributed by atoms with E-state index in [4.69, 9.17) is 16.2 Å². The number of hydrogen-bond acceptors (Lipinski definition) is 4. The van der Waals surface area contributed by atoms with Crippen LogP contribution in [-0.4, -0.2) is 18.0 Å². The molecule has 0 aliphatic rings. The Labute approximate surface area is 106 Å². The Bertz CT molecular complexity index is 450. The van der Waals surface area contributed by atoms with E-state index in [-0.39, 0.29) is 0 Å². The van der Waals surface area contributed by atoms with Gasteiger partial charge in [-0.1, -0.05) is 6.07 Å². The van der Waals surface area contributed by atoms with Crippen LogP contribution in [0.2, 0.25) is 0 Å². The molecule has 1 aromatic carbocycles. The first-order valence-corrected chi connectivity index (χ1v) is 5.52. The van der Waals surface area contributed by atoms with E-state index in [1.54, 1.807) is 18.2 Å². The summed E-state index contributed by atoms with van der Waals surface area (Å²) in [4.78, 5) is 21.9. The summed E-state index contributed by atoms with van der Waals surface area (Å²) in [5.74, 6) is -0.205. The van der Waals surface area contributed by atoms with Crippen molar-refractivity contribution in [3.8, 4) is 5.75 Å². The number of halogens is 1. The van der Waals surface area contributed by atoms with Crippen LogP contribution >= 0.6 is 15.9 Å². The second kappa shape index (κ2) is 5.53. The third-order valence-electron chi connectivity index (χ3n) is 1.91. The molecule has 7 heteroatoms. The smallest absolute Gasteiger partial charge is 0.318 e. The summed E-state index contributed by atoms with van der Waals surface area (Å²) in [5.41, 5.74) is 11.0. The average molecular weight is 302 g/mol. The van der Waals surface area contributed by atoms with Crippen molar-refractivity contribution in [3.05, 3.63) is 22.7 Å². The van der Waals surface area contributed by atoms with Crippen LogP contribution in [0.1, 0.15) is 6.92 Å². The van der Waals surface area contributed by atoms with E-state index in [9.17, 15) is 9.59 Å². The SMILES string of the molecule is CC(Oc1cccc(N)c1Br)C(=O)NC(N)=O. The number of nitrogens with one attached hydrogen (secondary N) is 1. The number of nitrogens with two attached hydrogens (primary N) is 2. The maximum atomic E-state index is 11.4. The molecule has 3 amide bonds. The van der Waals surface area contributed by atoms with Crippen LogP contribution in [0.3, 0.4) is 0 Å². The molecule has 0 aromatic heterocycles. The average Bonchev–Trinajstić information content (AvgIpc) is 2.23. The van der Waals surface area contributed by atoms with Gasteiger partial charge in [0.2, 0.25) is 0 Å². The standard InChI is InChI=1S/C10H12BrN3O3/c1-5(9(15)14-10(13)16)17-7-4-2-3-6(12)8(7)11/h2-5H,12H2,1H3,(H3,13,14,15,16). The van der Waals surface area contributed by atoms with Crippen LogP contribution < -0.4 is 21.5 Å². The maximum Gasteiger partial charge on any atom is 0.318 e. The lowest BCUT2D eigenvalue weighted by Gasteiger charge is -2.15. The van der Waals surface area contributed by atoms with Crippen molar-refractivity contribution in [2.45, 2.75) is 13.0 Å². The molecule has 0 radical (unpaired) electrons. The summed E-state index contributed by atoms with van der Waals surface area (Å²) in [7, 11) is 0. The second-order valence-corrected chi connectivity index (χ2v) is 4.07. The van der Waals surface area contributed by atoms with E-state index < -0.39 is 18.0 Å². The van der Waals surface area contributed by atoms with E-state index in [0.717, 1.165) is 0 Å². The van der Waals surface area contributed by atoms with Crippen LogP contribution in [0, 0.1) is 0 Å². The zero-order chi connectivity index (χ0) is 13.0. The van der Waals surface area contributed by atoms with Gasteiger partial charge < -0.3 is 16.2 Å². The molecule has 0 aliphatic heterocycles. The van der Waals surface area contributed by atoms with E-state index in [1.807, 2.05) is 5.32 Å². The van der Waals surface area contributed by atoms with Gasteiger partial charge in [0, 0.05) is 5.69 Å². The van der Waals surface area contributed by atoms with Crippen molar-refractivity contribution in [2.75, 3.05) is 5.73 Å². The zero-order valence-electron chi connectivity index (χ0n) is 9.07. The van der Waals surface area contributed by atoms with Gasteiger partial charge in [-0.15, -0.1) is 0 Å². The van der Waals surface area contributed by atoms with Crippen molar-refractivity contribution in [3.63, 3.8) is 0 Å². The van der Waals surface area contributed by atoms with E-state index in [1.165, 1.54) is 6.92 Å². The van der Waals surface area contributed by atoms with Crippen molar-refractivity contribution in [1.29, 1.82) is 0 Å².